The van der Waals surface area contributed by atoms with Crippen molar-refractivity contribution in [1.29, 1.82) is 0 Å². The topological polar surface area (TPSA) is 63.6 Å². The van der Waals surface area contributed by atoms with Gasteiger partial charge in [0, 0.05) is 11.6 Å². The molecule has 0 spiro atoms. The Balaban J connectivity index is 0. The molecule has 0 aromatic carbocycles. The van der Waals surface area contributed by atoms with Crippen LogP contribution in [0, 0.1) is 11.8 Å². The molecule has 0 aromatic heterocycles. The van der Waals surface area contributed by atoms with Crippen molar-refractivity contribution >= 4 is 11.9 Å². The monoisotopic (exact) mass is 368 g/mol. The van der Waals surface area contributed by atoms with Crippen LogP contribution in [0.4, 0.5) is 0 Å². The first-order valence-corrected chi connectivity index (χ1v) is 9.98. The average molecular weight is 369 g/mol. The van der Waals surface area contributed by atoms with E-state index in [2.05, 4.69) is 40.9 Å². The van der Waals surface area contributed by atoms with Crippen LogP contribution in [0.15, 0.2) is 24.8 Å². The summed E-state index contributed by atoms with van der Waals surface area (Å²) < 4.78 is 4.98. The quantitative estimate of drug-likeness (QED) is 0.226. The molecule has 0 saturated carbocycles. The highest BCUT2D eigenvalue weighted by Crippen LogP contribution is 2.13. The van der Waals surface area contributed by atoms with Gasteiger partial charge in [0.2, 0.25) is 0 Å². The number of unbranched alkanes of at least 4 members (excludes halogenated alkanes) is 3. The second-order valence-electron chi connectivity index (χ2n) is 7.15. The fraction of sp³-hybridized carbons (Fsp3) is 0.727. The minimum Gasteiger partial charge on any atom is -0.478 e. The molecule has 0 saturated heterocycles. The molecule has 0 aliphatic rings. The molecule has 0 aromatic rings. The summed E-state index contributed by atoms with van der Waals surface area (Å²) in [6, 6.07) is 0. The molecule has 0 rings (SSSR count). The van der Waals surface area contributed by atoms with Gasteiger partial charge in [0.15, 0.2) is 0 Å². The fourth-order valence-electron chi connectivity index (χ4n) is 2.33. The summed E-state index contributed by atoms with van der Waals surface area (Å²) in [5.41, 5.74) is 0.338. The molecule has 26 heavy (non-hydrogen) atoms. The van der Waals surface area contributed by atoms with Crippen LogP contribution in [0.2, 0.25) is 0 Å². The number of carbonyl (C=O) groups excluding carboxylic acids is 1. The van der Waals surface area contributed by atoms with Gasteiger partial charge in [-0.25, -0.2) is 9.59 Å². The molecule has 0 amide bonds. The molecule has 0 heterocycles. The van der Waals surface area contributed by atoms with E-state index in [-0.39, 0.29) is 5.97 Å². The molecule has 1 atom stereocenters. The van der Waals surface area contributed by atoms with Gasteiger partial charge in [-0.15, -0.1) is 0 Å². The molecule has 4 nitrogen and oxygen atoms in total. The lowest BCUT2D eigenvalue weighted by Crippen LogP contribution is -2.12. The van der Waals surface area contributed by atoms with Crippen LogP contribution in [0.5, 0.6) is 0 Å². The molecule has 152 valence electrons. The van der Waals surface area contributed by atoms with Gasteiger partial charge in [0.25, 0.3) is 0 Å². The van der Waals surface area contributed by atoms with Crippen molar-refractivity contribution < 1.29 is 19.4 Å². The third-order valence-electron chi connectivity index (χ3n) is 4.23. The fourth-order valence-corrected chi connectivity index (χ4v) is 2.33. The van der Waals surface area contributed by atoms with E-state index in [1.807, 2.05) is 0 Å². The zero-order chi connectivity index (χ0) is 20.4. The molecule has 1 unspecified atom stereocenters. The maximum absolute atomic E-state index is 10.8. The van der Waals surface area contributed by atoms with Crippen molar-refractivity contribution in [3.8, 4) is 0 Å². The highest BCUT2D eigenvalue weighted by Gasteiger charge is 2.07. The van der Waals surface area contributed by atoms with Crippen LogP contribution >= 0.6 is 0 Å². The van der Waals surface area contributed by atoms with Gasteiger partial charge in [-0.1, -0.05) is 79.4 Å². The summed E-state index contributed by atoms with van der Waals surface area (Å²) in [6.45, 7) is 16.1. The number of carboxylic acid groups (broad SMARTS) is 1. The summed E-state index contributed by atoms with van der Waals surface area (Å²) in [6.07, 6.45) is 11.0. The summed E-state index contributed by atoms with van der Waals surface area (Å²) >= 11 is 0. The third-order valence-corrected chi connectivity index (χ3v) is 4.23. The maximum Gasteiger partial charge on any atom is 0.330 e. The minimum absolute atomic E-state index is 0.310. The summed E-state index contributed by atoms with van der Waals surface area (Å²) in [7, 11) is 0. The van der Waals surface area contributed by atoms with Gasteiger partial charge in [-0.2, -0.15) is 0 Å². The standard InChI is InChI=1S/2C11H20O2/c1-9(2)7-5-4-6-8-10(3)11(12)13;1-4-7-8-10(5-2)9-13-11(12)6-3/h9H,3-8H2,1-2H3,(H,12,13);6,10H,3-5,7-9H2,1-2H3. The normalized spacial score (nSPS) is 11.3. The van der Waals surface area contributed by atoms with Crippen LogP contribution in [-0.2, 0) is 14.3 Å². The van der Waals surface area contributed by atoms with Crippen molar-refractivity contribution in [2.24, 2.45) is 11.8 Å². The highest BCUT2D eigenvalue weighted by molar-refractivity contribution is 5.85. The Kier molecular flexibility index (Phi) is 18.7. The number of hydrogen-bond acceptors (Lipinski definition) is 3. The Morgan fingerprint density at radius 2 is 1.73 bits per heavy atom. The Hall–Kier alpha value is -1.58. The van der Waals surface area contributed by atoms with Crippen LogP contribution in [0.3, 0.4) is 0 Å². The number of rotatable bonds is 14. The van der Waals surface area contributed by atoms with E-state index in [1.165, 1.54) is 31.8 Å². The largest absolute Gasteiger partial charge is 0.478 e. The minimum atomic E-state index is -0.858. The molecule has 1 N–H and O–H groups in total. The lowest BCUT2D eigenvalue weighted by Gasteiger charge is -2.13. The van der Waals surface area contributed by atoms with E-state index < -0.39 is 5.97 Å². The Bertz CT molecular complexity index is 399. The first-order valence-electron chi connectivity index (χ1n) is 9.98. The summed E-state index contributed by atoms with van der Waals surface area (Å²) in [4.78, 5) is 21.1. The van der Waals surface area contributed by atoms with Crippen LogP contribution in [-0.4, -0.2) is 23.7 Å². The van der Waals surface area contributed by atoms with Crippen molar-refractivity contribution in [2.45, 2.75) is 85.5 Å². The first kappa shape index (κ1) is 26.6. The van der Waals surface area contributed by atoms with Gasteiger partial charge in [-0.3, -0.25) is 0 Å². The maximum atomic E-state index is 10.8. The van der Waals surface area contributed by atoms with Gasteiger partial charge < -0.3 is 9.84 Å². The van der Waals surface area contributed by atoms with E-state index in [1.54, 1.807) is 0 Å². The van der Waals surface area contributed by atoms with Crippen molar-refractivity contribution in [2.75, 3.05) is 6.61 Å². The SMILES string of the molecule is C=C(CCCCCC(C)C)C(=O)O.C=CC(=O)OCC(CC)CCCC. The molecule has 0 radical (unpaired) electrons. The van der Waals surface area contributed by atoms with Crippen molar-refractivity contribution in [3.05, 3.63) is 24.8 Å². The zero-order valence-corrected chi connectivity index (χ0v) is 17.4. The Labute approximate surface area is 160 Å². The van der Waals surface area contributed by atoms with E-state index in [9.17, 15) is 9.59 Å². The smallest absolute Gasteiger partial charge is 0.330 e. The predicted octanol–water partition coefficient (Wildman–Crippen LogP) is 6.17. The van der Waals surface area contributed by atoms with E-state index in [0.717, 1.165) is 31.6 Å². The Morgan fingerprint density at radius 3 is 2.19 bits per heavy atom. The summed E-state index contributed by atoms with van der Waals surface area (Å²) in [5.74, 6) is 0.102. The predicted molar refractivity (Wildman–Crippen MR) is 109 cm³/mol. The van der Waals surface area contributed by atoms with Crippen molar-refractivity contribution in [3.63, 3.8) is 0 Å². The third kappa shape index (κ3) is 18.8. The van der Waals surface area contributed by atoms with Crippen LogP contribution in [0.25, 0.3) is 0 Å². The van der Waals surface area contributed by atoms with Gasteiger partial charge in [-0.05, 0) is 31.1 Å². The molecule has 0 aliphatic heterocycles. The van der Waals surface area contributed by atoms with Gasteiger partial charge in [0.05, 0.1) is 6.61 Å². The number of ether oxygens (including phenoxy) is 1. The van der Waals surface area contributed by atoms with Crippen molar-refractivity contribution in [1.82, 2.24) is 0 Å². The lowest BCUT2D eigenvalue weighted by atomic mass is 10.0. The molecule has 4 heteroatoms. The Morgan fingerprint density at radius 1 is 1.08 bits per heavy atom. The van der Waals surface area contributed by atoms with Crippen LogP contribution < -0.4 is 0 Å². The first-order chi connectivity index (χ1) is 12.3. The van der Waals surface area contributed by atoms with Gasteiger partial charge in [0.1, 0.15) is 0 Å². The van der Waals surface area contributed by atoms with E-state index in [4.69, 9.17) is 9.84 Å². The second kappa shape index (κ2) is 18.2. The average Bonchev–Trinajstić information content (AvgIpc) is 2.61. The number of carbonyl (C=O) groups is 2. The van der Waals surface area contributed by atoms with Crippen LogP contribution in [0.1, 0.15) is 85.5 Å². The number of carboxylic acids is 1. The zero-order valence-electron chi connectivity index (χ0n) is 17.4. The molecule has 0 fully saturated rings. The second-order valence-corrected chi connectivity index (χ2v) is 7.15. The number of aliphatic carboxylic acids is 1. The molecule has 0 aliphatic carbocycles. The molecule has 0 bridgehead atoms. The lowest BCUT2D eigenvalue weighted by molar-refractivity contribution is -0.139. The molecular formula is C22H40O4. The van der Waals surface area contributed by atoms with E-state index in [0.29, 0.717) is 24.5 Å². The van der Waals surface area contributed by atoms with Gasteiger partial charge >= 0.3 is 11.9 Å². The number of esters is 1. The molecular weight excluding hydrogens is 328 g/mol. The van der Waals surface area contributed by atoms with E-state index >= 15 is 0 Å². The number of hydrogen-bond donors (Lipinski definition) is 1. The highest BCUT2D eigenvalue weighted by atomic mass is 16.5. The summed E-state index contributed by atoms with van der Waals surface area (Å²) in [5, 5.41) is 8.53.